The number of benzene rings is 1. The normalized spacial score (nSPS) is 25.4. The third-order valence-corrected chi connectivity index (χ3v) is 5.25. The summed E-state index contributed by atoms with van der Waals surface area (Å²) in [5, 5.41) is 8.02. The SMILES string of the molecule is Cc1cc(F)ccc1-n1cc(C(=O)N2C[C@@H]3CCO[C@]3(CN)C2)nn1. The molecule has 2 aromatic rings. The standard InChI is InChI=1S/C17H20FN5O2/c1-11-6-13(18)2-3-15(11)23-8-14(20-21-23)16(24)22-7-12-4-5-25-17(12,9-19)10-22/h2-3,6,8,12H,4-5,7,9-10,19H2,1H3/t12-,17+/m0/s1. The Labute approximate surface area is 144 Å². The zero-order valence-corrected chi connectivity index (χ0v) is 14.0. The summed E-state index contributed by atoms with van der Waals surface area (Å²) in [6, 6.07) is 4.39. The lowest BCUT2D eigenvalue weighted by atomic mass is 9.91. The van der Waals surface area contributed by atoms with E-state index in [1.54, 1.807) is 24.1 Å². The van der Waals surface area contributed by atoms with E-state index < -0.39 is 5.60 Å². The maximum absolute atomic E-state index is 13.3. The van der Waals surface area contributed by atoms with Gasteiger partial charge in [0.15, 0.2) is 5.69 Å². The molecule has 1 aromatic heterocycles. The molecule has 132 valence electrons. The van der Waals surface area contributed by atoms with Crippen molar-refractivity contribution in [3.05, 3.63) is 41.5 Å². The summed E-state index contributed by atoms with van der Waals surface area (Å²) in [6.07, 6.45) is 2.50. The van der Waals surface area contributed by atoms with Crippen molar-refractivity contribution in [1.82, 2.24) is 19.9 Å². The molecule has 4 rings (SSSR count). The first kappa shape index (κ1) is 16.2. The monoisotopic (exact) mass is 345 g/mol. The van der Waals surface area contributed by atoms with Gasteiger partial charge in [-0.1, -0.05) is 5.21 Å². The van der Waals surface area contributed by atoms with Gasteiger partial charge in [0.2, 0.25) is 0 Å². The first-order valence-electron chi connectivity index (χ1n) is 8.34. The van der Waals surface area contributed by atoms with Gasteiger partial charge in [-0.2, -0.15) is 0 Å². The van der Waals surface area contributed by atoms with Crippen LogP contribution < -0.4 is 5.73 Å². The highest BCUT2D eigenvalue weighted by Crippen LogP contribution is 2.38. The van der Waals surface area contributed by atoms with Gasteiger partial charge in [-0.15, -0.1) is 5.10 Å². The summed E-state index contributed by atoms with van der Waals surface area (Å²) in [4.78, 5) is 14.5. The highest BCUT2D eigenvalue weighted by atomic mass is 19.1. The fourth-order valence-electron chi connectivity index (χ4n) is 3.83. The molecule has 0 spiro atoms. The molecule has 7 nitrogen and oxygen atoms in total. The first-order chi connectivity index (χ1) is 12.0. The van der Waals surface area contributed by atoms with Crippen LogP contribution in [-0.4, -0.2) is 57.6 Å². The maximum Gasteiger partial charge on any atom is 0.276 e. The van der Waals surface area contributed by atoms with Gasteiger partial charge in [-0.25, -0.2) is 9.07 Å². The largest absolute Gasteiger partial charge is 0.371 e. The number of nitrogens with two attached hydrogens (primary N) is 1. The van der Waals surface area contributed by atoms with Crippen molar-refractivity contribution in [2.45, 2.75) is 18.9 Å². The molecule has 0 saturated carbocycles. The van der Waals surface area contributed by atoms with Crippen LogP contribution in [0.3, 0.4) is 0 Å². The summed E-state index contributed by atoms with van der Waals surface area (Å²) in [6.45, 7) is 3.99. The molecule has 0 unspecified atom stereocenters. The predicted molar refractivity (Wildman–Crippen MR) is 87.8 cm³/mol. The Kier molecular flexibility index (Phi) is 3.81. The summed E-state index contributed by atoms with van der Waals surface area (Å²) in [5.74, 6) is -0.221. The molecule has 2 fully saturated rings. The zero-order valence-electron chi connectivity index (χ0n) is 14.0. The van der Waals surface area contributed by atoms with Crippen molar-refractivity contribution in [2.75, 3.05) is 26.2 Å². The molecule has 2 atom stereocenters. The van der Waals surface area contributed by atoms with Crippen molar-refractivity contribution in [3.63, 3.8) is 0 Å². The highest BCUT2D eigenvalue weighted by Gasteiger charge is 2.51. The molecule has 2 saturated heterocycles. The molecular weight excluding hydrogens is 325 g/mol. The minimum Gasteiger partial charge on any atom is -0.371 e. The number of ether oxygens (including phenoxy) is 1. The molecule has 2 aliphatic rings. The van der Waals surface area contributed by atoms with E-state index in [1.807, 2.05) is 0 Å². The maximum atomic E-state index is 13.3. The zero-order chi connectivity index (χ0) is 17.6. The molecule has 8 heteroatoms. The number of aryl methyl sites for hydroxylation is 1. The minimum absolute atomic E-state index is 0.183. The van der Waals surface area contributed by atoms with Gasteiger partial charge in [0.1, 0.15) is 11.4 Å². The minimum atomic E-state index is -0.417. The molecule has 2 N–H and O–H groups in total. The van der Waals surface area contributed by atoms with E-state index in [0.29, 0.717) is 31.9 Å². The van der Waals surface area contributed by atoms with E-state index in [0.717, 1.165) is 12.0 Å². The first-order valence-corrected chi connectivity index (χ1v) is 8.34. The van der Waals surface area contributed by atoms with Crippen molar-refractivity contribution in [3.8, 4) is 5.69 Å². The Bertz CT molecular complexity index is 823. The smallest absolute Gasteiger partial charge is 0.276 e. The molecule has 1 aromatic carbocycles. The van der Waals surface area contributed by atoms with Gasteiger partial charge in [0.05, 0.1) is 18.4 Å². The fraction of sp³-hybridized carbons (Fsp3) is 0.471. The van der Waals surface area contributed by atoms with E-state index in [4.69, 9.17) is 10.5 Å². The van der Waals surface area contributed by atoms with Crippen LogP contribution in [0.1, 0.15) is 22.5 Å². The molecule has 1 amide bonds. The van der Waals surface area contributed by atoms with Crippen molar-refractivity contribution in [2.24, 2.45) is 11.7 Å². The second kappa shape index (κ2) is 5.89. The topological polar surface area (TPSA) is 86.3 Å². The Morgan fingerprint density at radius 3 is 3.08 bits per heavy atom. The average molecular weight is 345 g/mol. The van der Waals surface area contributed by atoms with E-state index in [9.17, 15) is 9.18 Å². The molecular formula is C17H20FN5O2. The third-order valence-electron chi connectivity index (χ3n) is 5.25. The lowest BCUT2D eigenvalue weighted by Gasteiger charge is -2.25. The van der Waals surface area contributed by atoms with Crippen LogP contribution in [0.2, 0.25) is 0 Å². The van der Waals surface area contributed by atoms with Crippen LogP contribution in [-0.2, 0) is 4.74 Å². The number of carbonyl (C=O) groups excluding carboxylic acids is 1. The molecule has 25 heavy (non-hydrogen) atoms. The predicted octanol–water partition coefficient (Wildman–Crippen LogP) is 0.905. The third kappa shape index (κ3) is 2.61. The van der Waals surface area contributed by atoms with E-state index in [1.165, 1.54) is 16.8 Å². The number of hydrogen-bond donors (Lipinski definition) is 1. The second-order valence-corrected chi connectivity index (χ2v) is 6.77. The molecule has 3 heterocycles. The number of hydrogen-bond acceptors (Lipinski definition) is 5. The van der Waals surface area contributed by atoms with Crippen LogP contribution in [0.5, 0.6) is 0 Å². The summed E-state index contributed by atoms with van der Waals surface area (Å²) in [5.41, 5.74) is 7.14. The van der Waals surface area contributed by atoms with Crippen molar-refractivity contribution < 1.29 is 13.9 Å². The Morgan fingerprint density at radius 1 is 1.52 bits per heavy atom. The molecule has 0 aliphatic carbocycles. The van der Waals surface area contributed by atoms with Gasteiger partial charge >= 0.3 is 0 Å². The number of nitrogens with zero attached hydrogens (tertiary/aromatic N) is 4. The number of likely N-dealkylation sites (tertiary alicyclic amines) is 1. The summed E-state index contributed by atoms with van der Waals surface area (Å²) >= 11 is 0. The lowest BCUT2D eigenvalue weighted by molar-refractivity contribution is 0.00256. The Morgan fingerprint density at radius 2 is 2.36 bits per heavy atom. The highest BCUT2D eigenvalue weighted by molar-refractivity contribution is 5.92. The lowest BCUT2D eigenvalue weighted by Crippen LogP contribution is -2.44. The van der Waals surface area contributed by atoms with Gasteiger partial charge in [0, 0.05) is 25.6 Å². The van der Waals surface area contributed by atoms with Gasteiger partial charge in [-0.3, -0.25) is 4.79 Å². The fourth-order valence-corrected chi connectivity index (χ4v) is 3.83. The number of rotatable bonds is 3. The van der Waals surface area contributed by atoms with Gasteiger partial charge in [-0.05, 0) is 37.1 Å². The quantitative estimate of drug-likeness (QED) is 0.893. The molecule has 0 radical (unpaired) electrons. The van der Waals surface area contributed by atoms with E-state index >= 15 is 0 Å². The van der Waals surface area contributed by atoms with Crippen LogP contribution in [0, 0.1) is 18.7 Å². The number of carbonyl (C=O) groups is 1. The number of aromatic nitrogens is 3. The number of amides is 1. The van der Waals surface area contributed by atoms with Gasteiger partial charge < -0.3 is 15.4 Å². The van der Waals surface area contributed by atoms with Crippen LogP contribution in [0.15, 0.2) is 24.4 Å². The molecule has 2 aliphatic heterocycles. The van der Waals surface area contributed by atoms with Gasteiger partial charge in [0.25, 0.3) is 5.91 Å². The average Bonchev–Trinajstić information content (AvgIpc) is 3.28. The second-order valence-electron chi connectivity index (χ2n) is 6.77. The number of halogens is 1. The van der Waals surface area contributed by atoms with Crippen LogP contribution in [0.4, 0.5) is 4.39 Å². The van der Waals surface area contributed by atoms with Crippen molar-refractivity contribution >= 4 is 5.91 Å². The van der Waals surface area contributed by atoms with E-state index in [2.05, 4.69) is 10.3 Å². The Hall–Kier alpha value is -2.32. The molecule has 0 bridgehead atoms. The Balaban J connectivity index is 1.55. The summed E-state index contributed by atoms with van der Waals surface area (Å²) in [7, 11) is 0. The van der Waals surface area contributed by atoms with Crippen LogP contribution >= 0.6 is 0 Å². The summed E-state index contributed by atoms with van der Waals surface area (Å²) < 4.78 is 20.6. The van der Waals surface area contributed by atoms with E-state index in [-0.39, 0.29) is 23.3 Å². The van der Waals surface area contributed by atoms with Crippen molar-refractivity contribution in [1.29, 1.82) is 0 Å². The number of fused-ring (bicyclic) bond motifs is 1. The van der Waals surface area contributed by atoms with Crippen LogP contribution in [0.25, 0.3) is 5.69 Å².